The third-order valence-corrected chi connectivity index (χ3v) is 3.99. The van der Waals surface area contributed by atoms with Gasteiger partial charge in [0.15, 0.2) is 5.92 Å². The first-order valence-corrected chi connectivity index (χ1v) is 7.31. The number of esters is 2. The van der Waals surface area contributed by atoms with Gasteiger partial charge in [-0.15, -0.1) is 0 Å². The summed E-state index contributed by atoms with van der Waals surface area (Å²) < 4.78 is 15.5. The predicted octanol–water partition coefficient (Wildman–Crippen LogP) is 0.594. The normalized spacial score (nSPS) is 21.6. The molecule has 0 radical (unpaired) electrons. The maximum atomic E-state index is 12.2. The van der Waals surface area contributed by atoms with E-state index in [1.54, 1.807) is 13.8 Å². The first kappa shape index (κ1) is 15.3. The molecular weight excluding hydrogens is 262 g/mol. The molecule has 0 N–H and O–H groups in total. The van der Waals surface area contributed by atoms with Gasteiger partial charge in [-0.3, -0.25) is 14.5 Å². The monoisotopic (exact) mass is 285 g/mol. The summed E-state index contributed by atoms with van der Waals surface area (Å²) in [6.07, 6.45) is 1.66. The van der Waals surface area contributed by atoms with Crippen LogP contribution in [0.25, 0.3) is 0 Å². The van der Waals surface area contributed by atoms with Gasteiger partial charge in [0.25, 0.3) is 0 Å². The topological polar surface area (TPSA) is 65.1 Å². The molecule has 0 aromatic rings. The summed E-state index contributed by atoms with van der Waals surface area (Å²) in [7, 11) is 0. The fourth-order valence-corrected chi connectivity index (χ4v) is 2.91. The molecule has 20 heavy (non-hydrogen) atoms. The van der Waals surface area contributed by atoms with Gasteiger partial charge in [-0.05, 0) is 26.7 Å². The fraction of sp³-hybridized carbons (Fsp3) is 0.857. The van der Waals surface area contributed by atoms with Crippen LogP contribution >= 0.6 is 0 Å². The Kier molecular flexibility index (Phi) is 4.99. The molecule has 1 heterocycles. The number of ether oxygens (including phenoxy) is 3. The second kappa shape index (κ2) is 6.54. The number of hydrogen-bond donors (Lipinski definition) is 0. The molecule has 0 aromatic carbocycles. The summed E-state index contributed by atoms with van der Waals surface area (Å²) in [6.45, 7) is 6.80. The van der Waals surface area contributed by atoms with Gasteiger partial charge in [-0.2, -0.15) is 0 Å². The average molecular weight is 285 g/mol. The van der Waals surface area contributed by atoms with Crippen LogP contribution in [0.1, 0.15) is 26.7 Å². The number of carbonyl (C=O) groups excluding carboxylic acids is 2. The maximum absolute atomic E-state index is 12.2. The Bertz CT molecular complexity index is 343. The van der Waals surface area contributed by atoms with Gasteiger partial charge in [0, 0.05) is 18.6 Å². The highest BCUT2D eigenvalue weighted by Gasteiger charge is 2.60. The third kappa shape index (κ3) is 2.96. The maximum Gasteiger partial charge on any atom is 0.322 e. The molecule has 0 aromatic heterocycles. The van der Waals surface area contributed by atoms with Gasteiger partial charge in [-0.25, -0.2) is 0 Å². The smallest absolute Gasteiger partial charge is 0.322 e. The van der Waals surface area contributed by atoms with E-state index < -0.39 is 23.4 Å². The van der Waals surface area contributed by atoms with Crippen LogP contribution in [0.15, 0.2) is 0 Å². The molecule has 1 saturated carbocycles. The summed E-state index contributed by atoms with van der Waals surface area (Å²) >= 11 is 0. The van der Waals surface area contributed by atoms with Gasteiger partial charge < -0.3 is 14.2 Å². The van der Waals surface area contributed by atoms with E-state index in [0.717, 1.165) is 25.9 Å². The molecule has 1 aliphatic carbocycles. The Morgan fingerprint density at radius 3 is 2.00 bits per heavy atom. The van der Waals surface area contributed by atoms with Crippen molar-refractivity contribution in [3.05, 3.63) is 0 Å². The van der Waals surface area contributed by atoms with Crippen LogP contribution < -0.4 is 0 Å². The molecule has 2 fully saturated rings. The highest BCUT2D eigenvalue weighted by atomic mass is 16.6. The zero-order valence-electron chi connectivity index (χ0n) is 12.2. The van der Waals surface area contributed by atoms with Crippen molar-refractivity contribution in [3.63, 3.8) is 0 Å². The summed E-state index contributed by atoms with van der Waals surface area (Å²) in [5.74, 6) is -1.76. The van der Waals surface area contributed by atoms with Gasteiger partial charge in [0.2, 0.25) is 0 Å². The zero-order chi connectivity index (χ0) is 14.6. The second-order valence-electron chi connectivity index (χ2n) is 5.14. The van der Waals surface area contributed by atoms with Crippen molar-refractivity contribution in [1.29, 1.82) is 0 Å². The van der Waals surface area contributed by atoms with Crippen molar-refractivity contribution in [2.75, 3.05) is 39.5 Å². The second-order valence-corrected chi connectivity index (χ2v) is 5.14. The van der Waals surface area contributed by atoms with Crippen LogP contribution in [0.2, 0.25) is 0 Å². The minimum atomic E-state index is -0.833. The molecule has 1 aliphatic heterocycles. The van der Waals surface area contributed by atoms with Gasteiger partial charge in [0.05, 0.1) is 26.4 Å². The van der Waals surface area contributed by atoms with Crippen molar-refractivity contribution in [1.82, 2.24) is 4.90 Å². The molecule has 2 aliphatic rings. The van der Waals surface area contributed by atoms with E-state index in [1.165, 1.54) is 0 Å². The molecule has 6 heteroatoms. The Morgan fingerprint density at radius 2 is 1.60 bits per heavy atom. The Morgan fingerprint density at radius 1 is 1.10 bits per heavy atom. The highest BCUT2D eigenvalue weighted by Crippen LogP contribution is 2.49. The molecule has 0 bridgehead atoms. The number of rotatable bonds is 6. The number of nitrogens with zero attached hydrogens (tertiary/aromatic N) is 1. The Balaban J connectivity index is 2.16. The van der Waals surface area contributed by atoms with Crippen molar-refractivity contribution in [2.45, 2.75) is 32.2 Å². The first-order chi connectivity index (χ1) is 9.65. The van der Waals surface area contributed by atoms with Crippen molar-refractivity contribution >= 4 is 11.9 Å². The summed E-state index contributed by atoms with van der Waals surface area (Å²) in [6, 6.07) is 0. The van der Waals surface area contributed by atoms with Gasteiger partial charge in [0.1, 0.15) is 0 Å². The third-order valence-electron chi connectivity index (χ3n) is 3.99. The number of morpholine rings is 1. The Hall–Kier alpha value is -1.14. The van der Waals surface area contributed by atoms with Gasteiger partial charge in [-0.1, -0.05) is 0 Å². The van der Waals surface area contributed by atoms with Crippen LogP contribution in [-0.2, 0) is 23.8 Å². The highest BCUT2D eigenvalue weighted by molar-refractivity contribution is 5.97. The Labute approximate surface area is 119 Å². The largest absolute Gasteiger partial charge is 0.465 e. The van der Waals surface area contributed by atoms with Crippen LogP contribution in [-0.4, -0.2) is 61.9 Å². The zero-order valence-corrected chi connectivity index (χ0v) is 12.2. The van der Waals surface area contributed by atoms with E-state index >= 15 is 0 Å². The number of hydrogen-bond acceptors (Lipinski definition) is 6. The number of carbonyl (C=O) groups is 2. The van der Waals surface area contributed by atoms with Crippen LogP contribution in [0, 0.1) is 5.92 Å². The van der Waals surface area contributed by atoms with Crippen LogP contribution in [0.3, 0.4) is 0 Å². The molecule has 6 nitrogen and oxygen atoms in total. The standard InChI is InChI=1S/C14H23NO5/c1-3-19-12(16)11(13(17)20-4-2)14(5-6-14)15-7-9-18-10-8-15/h11H,3-10H2,1-2H3. The molecule has 2 rings (SSSR count). The minimum absolute atomic E-state index is 0.272. The SMILES string of the molecule is CCOC(=O)C(C(=O)OCC)C1(N2CCOCC2)CC1. The lowest BCUT2D eigenvalue weighted by Crippen LogP contribution is -2.53. The van der Waals surface area contributed by atoms with Crippen molar-refractivity contribution < 1.29 is 23.8 Å². The van der Waals surface area contributed by atoms with E-state index in [4.69, 9.17) is 14.2 Å². The van der Waals surface area contributed by atoms with Gasteiger partial charge >= 0.3 is 11.9 Å². The molecule has 0 spiro atoms. The fourth-order valence-electron chi connectivity index (χ4n) is 2.91. The molecule has 1 saturated heterocycles. The van der Waals surface area contributed by atoms with Crippen LogP contribution in [0.4, 0.5) is 0 Å². The van der Waals surface area contributed by atoms with Crippen LogP contribution in [0.5, 0.6) is 0 Å². The van der Waals surface area contributed by atoms with E-state index in [-0.39, 0.29) is 13.2 Å². The summed E-state index contributed by atoms with van der Waals surface area (Å²) in [5.41, 5.74) is -0.414. The van der Waals surface area contributed by atoms with Crippen molar-refractivity contribution in [3.8, 4) is 0 Å². The lowest BCUT2D eigenvalue weighted by Gasteiger charge is -2.37. The molecular formula is C14H23NO5. The molecule has 114 valence electrons. The van der Waals surface area contributed by atoms with E-state index in [9.17, 15) is 9.59 Å². The quantitative estimate of drug-likeness (QED) is 0.526. The lowest BCUT2D eigenvalue weighted by atomic mass is 9.95. The lowest BCUT2D eigenvalue weighted by molar-refractivity contribution is -0.167. The average Bonchev–Trinajstić information content (AvgIpc) is 3.22. The minimum Gasteiger partial charge on any atom is -0.465 e. The first-order valence-electron chi connectivity index (χ1n) is 7.31. The van der Waals surface area contributed by atoms with Crippen molar-refractivity contribution in [2.24, 2.45) is 5.92 Å². The molecule has 0 amide bonds. The summed E-state index contributed by atoms with van der Waals surface area (Å²) in [4.78, 5) is 26.6. The molecule has 0 atom stereocenters. The van der Waals surface area contributed by atoms with E-state index in [0.29, 0.717) is 13.2 Å². The van der Waals surface area contributed by atoms with E-state index in [2.05, 4.69) is 4.90 Å². The van der Waals surface area contributed by atoms with E-state index in [1.807, 2.05) is 0 Å². The molecule has 0 unspecified atom stereocenters. The predicted molar refractivity (Wildman–Crippen MR) is 71.1 cm³/mol. The summed E-state index contributed by atoms with van der Waals surface area (Å²) in [5, 5.41) is 0.